The van der Waals surface area contributed by atoms with Gasteiger partial charge in [-0.25, -0.2) is 0 Å². The summed E-state index contributed by atoms with van der Waals surface area (Å²) in [5, 5.41) is 13.8. The first kappa shape index (κ1) is 15.6. The lowest BCUT2D eigenvalue weighted by molar-refractivity contribution is 0.414. The zero-order valence-corrected chi connectivity index (χ0v) is 14.2. The molecule has 0 unspecified atom stereocenters. The number of rotatable bonds is 4. The maximum atomic E-state index is 9.33. The molecule has 0 atom stereocenters. The van der Waals surface area contributed by atoms with Crippen molar-refractivity contribution in [3.63, 3.8) is 0 Å². The van der Waals surface area contributed by atoms with Crippen LogP contribution in [0.5, 0.6) is 5.75 Å². The molecule has 0 bridgehead atoms. The Balaban J connectivity index is 2.34. The average molecular weight is 348 g/mol. The molecule has 0 fully saturated rings. The Labute approximate surface area is 133 Å². The Kier molecular flexibility index (Phi) is 4.38. The number of hydrogen-bond donors (Lipinski definition) is 0. The summed E-state index contributed by atoms with van der Waals surface area (Å²) in [5.74, 6) is 0.837. The van der Waals surface area contributed by atoms with E-state index in [0.717, 1.165) is 27.2 Å². The molecule has 0 spiro atoms. The van der Waals surface area contributed by atoms with Crippen molar-refractivity contribution in [1.82, 2.24) is 9.78 Å². The highest BCUT2D eigenvalue weighted by atomic mass is 79.9. The lowest BCUT2D eigenvalue weighted by atomic mass is 9.87. The van der Waals surface area contributed by atoms with Crippen LogP contribution in [-0.4, -0.2) is 16.9 Å². The molecule has 21 heavy (non-hydrogen) atoms. The lowest BCUT2D eigenvalue weighted by Crippen LogP contribution is -2.16. The third-order valence-corrected chi connectivity index (χ3v) is 4.11. The fourth-order valence-corrected chi connectivity index (χ4v) is 3.31. The summed E-state index contributed by atoms with van der Waals surface area (Å²) >= 11 is 3.48. The number of methoxy groups -OCH3 is 1. The molecule has 0 N–H and O–H groups in total. The monoisotopic (exact) mass is 347 g/mol. The third kappa shape index (κ3) is 3.11. The summed E-state index contributed by atoms with van der Waals surface area (Å²) < 4.78 is 7.81. The van der Waals surface area contributed by atoms with Crippen LogP contribution in [0.1, 0.15) is 30.7 Å². The maximum absolute atomic E-state index is 9.33. The van der Waals surface area contributed by atoms with Crippen LogP contribution in [0, 0.1) is 18.3 Å². The van der Waals surface area contributed by atoms with Crippen LogP contribution in [0.25, 0.3) is 0 Å². The fraction of sp³-hybridized carbons (Fsp3) is 0.375. The first-order chi connectivity index (χ1) is 9.89. The fourth-order valence-electron chi connectivity index (χ4n) is 2.33. The molecule has 0 saturated carbocycles. The Bertz CT molecular complexity index is 681. The van der Waals surface area contributed by atoms with Crippen LogP contribution in [-0.2, 0) is 12.0 Å². The van der Waals surface area contributed by atoms with Crippen molar-refractivity contribution in [2.24, 2.45) is 0 Å². The molecule has 110 valence electrons. The van der Waals surface area contributed by atoms with Gasteiger partial charge in [-0.05, 0) is 54.4 Å². The first-order valence-corrected chi connectivity index (χ1v) is 7.46. The summed E-state index contributed by atoms with van der Waals surface area (Å²) in [5.41, 5.74) is 2.51. The molecule has 1 aromatic heterocycles. The third-order valence-electron chi connectivity index (χ3n) is 3.56. The number of benzene rings is 1. The molecule has 1 heterocycles. The van der Waals surface area contributed by atoms with Gasteiger partial charge < -0.3 is 4.74 Å². The predicted molar refractivity (Wildman–Crippen MR) is 85.4 cm³/mol. The second-order valence-corrected chi connectivity index (χ2v) is 6.24. The molecule has 0 saturated heterocycles. The Morgan fingerprint density at radius 1 is 1.33 bits per heavy atom. The van der Waals surface area contributed by atoms with Gasteiger partial charge in [0.2, 0.25) is 0 Å². The quantitative estimate of drug-likeness (QED) is 0.844. The number of nitrogens with zero attached hydrogens (tertiary/aromatic N) is 3. The van der Waals surface area contributed by atoms with Gasteiger partial charge in [-0.15, -0.1) is 0 Å². The van der Waals surface area contributed by atoms with Crippen molar-refractivity contribution in [3.8, 4) is 11.8 Å². The Hall–Kier alpha value is -1.80. The molecule has 0 aliphatic heterocycles. The highest BCUT2D eigenvalue weighted by Gasteiger charge is 2.28. The molecule has 4 nitrogen and oxygen atoms in total. The topological polar surface area (TPSA) is 50.8 Å². The molecule has 5 heteroatoms. The van der Waals surface area contributed by atoms with Crippen LogP contribution >= 0.6 is 15.9 Å². The zero-order valence-electron chi connectivity index (χ0n) is 12.6. The molecule has 1 aromatic carbocycles. The summed E-state index contributed by atoms with van der Waals surface area (Å²) in [6.45, 7) is 6.46. The van der Waals surface area contributed by atoms with Crippen LogP contribution in [0.15, 0.2) is 28.9 Å². The minimum Gasteiger partial charge on any atom is -0.497 e. The van der Waals surface area contributed by atoms with Crippen LogP contribution < -0.4 is 4.74 Å². The highest BCUT2D eigenvalue weighted by Crippen LogP contribution is 2.32. The van der Waals surface area contributed by atoms with Gasteiger partial charge in [0, 0.05) is 11.3 Å². The minimum atomic E-state index is -0.568. The van der Waals surface area contributed by atoms with E-state index in [1.54, 1.807) is 7.11 Å². The Morgan fingerprint density at radius 2 is 1.95 bits per heavy atom. The molecule has 0 aliphatic rings. The van der Waals surface area contributed by atoms with Gasteiger partial charge in [0.1, 0.15) is 10.4 Å². The van der Waals surface area contributed by atoms with E-state index in [4.69, 9.17) is 4.74 Å². The summed E-state index contributed by atoms with van der Waals surface area (Å²) in [7, 11) is 1.65. The number of nitriles is 1. The predicted octanol–water partition coefficient (Wildman–Crippen LogP) is 3.81. The Morgan fingerprint density at radius 3 is 2.48 bits per heavy atom. The summed E-state index contributed by atoms with van der Waals surface area (Å²) in [4.78, 5) is 0. The molecule has 2 aromatic rings. The summed E-state index contributed by atoms with van der Waals surface area (Å²) in [6.07, 6.45) is 0. The van der Waals surface area contributed by atoms with Crippen molar-refractivity contribution < 1.29 is 4.74 Å². The number of halogens is 1. The zero-order chi connectivity index (χ0) is 15.6. The van der Waals surface area contributed by atoms with E-state index in [1.165, 1.54) is 0 Å². The van der Waals surface area contributed by atoms with E-state index in [2.05, 4.69) is 27.1 Å². The molecular weight excluding hydrogens is 330 g/mol. The van der Waals surface area contributed by atoms with Gasteiger partial charge in [-0.2, -0.15) is 10.4 Å². The number of aromatic nitrogens is 2. The standard InChI is InChI=1S/C16H18BrN3O/c1-11-14(16(2,3)10-18)15(17)19-20(11)9-12-5-7-13(21-4)8-6-12/h5-8H,9H2,1-4H3. The number of hydrogen-bond acceptors (Lipinski definition) is 3. The average Bonchev–Trinajstić information content (AvgIpc) is 2.74. The van der Waals surface area contributed by atoms with Gasteiger partial charge in [0.15, 0.2) is 0 Å². The molecular formula is C16H18BrN3O. The molecule has 0 radical (unpaired) electrons. The van der Waals surface area contributed by atoms with Crippen LogP contribution in [0.2, 0.25) is 0 Å². The largest absolute Gasteiger partial charge is 0.497 e. The van der Waals surface area contributed by atoms with E-state index in [-0.39, 0.29) is 0 Å². The van der Waals surface area contributed by atoms with Crippen molar-refractivity contribution in [2.45, 2.75) is 32.7 Å². The lowest BCUT2D eigenvalue weighted by Gasteiger charge is -2.15. The van der Waals surface area contributed by atoms with Gasteiger partial charge in [0.25, 0.3) is 0 Å². The SMILES string of the molecule is COc1ccc(Cn2nc(Br)c(C(C)(C)C#N)c2C)cc1. The first-order valence-electron chi connectivity index (χ1n) is 6.66. The van der Waals surface area contributed by atoms with E-state index in [1.807, 2.05) is 49.7 Å². The summed E-state index contributed by atoms with van der Waals surface area (Å²) in [6, 6.07) is 10.2. The second kappa shape index (κ2) is 5.90. The highest BCUT2D eigenvalue weighted by molar-refractivity contribution is 9.10. The van der Waals surface area contributed by atoms with Gasteiger partial charge >= 0.3 is 0 Å². The minimum absolute atomic E-state index is 0.568. The smallest absolute Gasteiger partial charge is 0.133 e. The van der Waals surface area contributed by atoms with Crippen LogP contribution in [0.4, 0.5) is 0 Å². The van der Waals surface area contributed by atoms with Crippen molar-refractivity contribution in [1.29, 1.82) is 5.26 Å². The normalized spacial score (nSPS) is 11.2. The van der Waals surface area contributed by atoms with E-state index in [9.17, 15) is 5.26 Å². The molecule has 0 aliphatic carbocycles. The van der Waals surface area contributed by atoms with Gasteiger partial charge in [-0.1, -0.05) is 12.1 Å². The van der Waals surface area contributed by atoms with E-state index in [0.29, 0.717) is 6.54 Å². The van der Waals surface area contributed by atoms with Crippen molar-refractivity contribution in [3.05, 3.63) is 45.7 Å². The van der Waals surface area contributed by atoms with Crippen molar-refractivity contribution in [2.75, 3.05) is 7.11 Å². The van der Waals surface area contributed by atoms with E-state index >= 15 is 0 Å². The van der Waals surface area contributed by atoms with Crippen molar-refractivity contribution >= 4 is 15.9 Å². The van der Waals surface area contributed by atoms with Gasteiger partial charge in [-0.3, -0.25) is 4.68 Å². The number of ether oxygens (including phenoxy) is 1. The molecule has 0 amide bonds. The maximum Gasteiger partial charge on any atom is 0.133 e. The second-order valence-electron chi connectivity index (χ2n) is 5.49. The van der Waals surface area contributed by atoms with Gasteiger partial charge in [0.05, 0.1) is 25.1 Å². The van der Waals surface area contributed by atoms with E-state index < -0.39 is 5.41 Å². The van der Waals surface area contributed by atoms with Crippen LogP contribution in [0.3, 0.4) is 0 Å². The molecule has 2 rings (SSSR count).